The summed E-state index contributed by atoms with van der Waals surface area (Å²) in [5.41, 5.74) is 0. The highest BCUT2D eigenvalue weighted by Crippen LogP contribution is 2.18. The number of carbonyl (C=O) groups excluding carboxylic acids is 2. The lowest BCUT2D eigenvalue weighted by atomic mass is 10.3. The molecule has 0 heterocycles. The van der Waals surface area contributed by atoms with Gasteiger partial charge in [-0.05, 0) is 36.4 Å². The van der Waals surface area contributed by atoms with Gasteiger partial charge in [-0.15, -0.1) is 0 Å². The number of halogens is 2. The van der Waals surface area contributed by atoms with E-state index < -0.39 is 25.2 Å². The van der Waals surface area contributed by atoms with Crippen LogP contribution in [0.25, 0.3) is 0 Å². The van der Waals surface area contributed by atoms with Crippen LogP contribution in [0.4, 0.5) is 0 Å². The molecule has 0 aliphatic carbocycles. The van der Waals surface area contributed by atoms with Gasteiger partial charge in [-0.3, -0.25) is 0 Å². The molecule has 0 saturated heterocycles. The zero-order valence-electron chi connectivity index (χ0n) is 11.8. The van der Waals surface area contributed by atoms with Gasteiger partial charge in [0, 0.05) is 10.0 Å². The second kappa shape index (κ2) is 8.53. The highest BCUT2D eigenvalue weighted by atomic mass is 35.5. The molecule has 0 fully saturated rings. The van der Waals surface area contributed by atoms with Gasteiger partial charge in [-0.25, -0.2) is 9.59 Å². The molecular formula is C16H12Cl2O5. The van der Waals surface area contributed by atoms with Crippen molar-refractivity contribution in [2.45, 2.75) is 0 Å². The SMILES string of the molecule is O=C(COCC(=O)Oc1cccc(Cl)c1)Oc1cccc(Cl)c1. The van der Waals surface area contributed by atoms with Gasteiger partial charge in [-0.2, -0.15) is 0 Å². The third kappa shape index (κ3) is 6.28. The van der Waals surface area contributed by atoms with Crippen molar-refractivity contribution in [2.75, 3.05) is 13.2 Å². The minimum absolute atomic E-state index is 0.299. The highest BCUT2D eigenvalue weighted by Gasteiger charge is 2.10. The summed E-state index contributed by atoms with van der Waals surface area (Å²) in [5, 5.41) is 0.891. The summed E-state index contributed by atoms with van der Waals surface area (Å²) in [6.45, 7) is -0.783. The van der Waals surface area contributed by atoms with Crippen molar-refractivity contribution < 1.29 is 23.8 Å². The molecule has 0 bridgehead atoms. The van der Waals surface area contributed by atoms with E-state index in [1.165, 1.54) is 12.1 Å². The van der Waals surface area contributed by atoms with Crippen molar-refractivity contribution in [3.63, 3.8) is 0 Å². The number of hydrogen-bond donors (Lipinski definition) is 0. The Morgan fingerprint density at radius 3 is 1.61 bits per heavy atom. The summed E-state index contributed by atoms with van der Waals surface area (Å²) in [5.74, 6) is -0.703. The third-order valence-electron chi connectivity index (χ3n) is 2.50. The van der Waals surface area contributed by atoms with E-state index in [9.17, 15) is 9.59 Å². The molecule has 0 saturated carbocycles. The number of rotatable bonds is 6. The smallest absolute Gasteiger partial charge is 0.337 e. The summed E-state index contributed by atoms with van der Waals surface area (Å²) >= 11 is 11.5. The molecule has 120 valence electrons. The van der Waals surface area contributed by atoms with Crippen LogP contribution in [0, 0.1) is 0 Å². The molecule has 23 heavy (non-hydrogen) atoms. The topological polar surface area (TPSA) is 61.8 Å². The van der Waals surface area contributed by atoms with Gasteiger partial charge in [0.25, 0.3) is 0 Å². The molecule has 0 spiro atoms. The van der Waals surface area contributed by atoms with Crippen molar-refractivity contribution >= 4 is 35.1 Å². The van der Waals surface area contributed by atoms with Crippen LogP contribution in [0.2, 0.25) is 10.0 Å². The summed E-state index contributed by atoms with van der Waals surface area (Å²) in [7, 11) is 0. The van der Waals surface area contributed by atoms with Crippen molar-refractivity contribution in [2.24, 2.45) is 0 Å². The van der Waals surface area contributed by atoms with Crippen LogP contribution in [-0.4, -0.2) is 25.2 Å². The van der Waals surface area contributed by atoms with Crippen LogP contribution >= 0.6 is 23.2 Å². The Kier molecular flexibility index (Phi) is 6.40. The molecule has 0 aromatic heterocycles. The van der Waals surface area contributed by atoms with E-state index in [0.29, 0.717) is 21.5 Å². The third-order valence-corrected chi connectivity index (χ3v) is 2.97. The van der Waals surface area contributed by atoms with E-state index in [-0.39, 0.29) is 0 Å². The van der Waals surface area contributed by atoms with Crippen LogP contribution < -0.4 is 9.47 Å². The Hall–Kier alpha value is -2.08. The molecule has 2 aromatic carbocycles. The second-order valence-corrected chi connectivity index (χ2v) is 5.23. The molecule has 0 N–H and O–H groups in total. The summed E-state index contributed by atoms with van der Waals surface area (Å²) < 4.78 is 14.9. The maximum Gasteiger partial charge on any atom is 0.337 e. The van der Waals surface area contributed by atoms with Crippen molar-refractivity contribution in [1.29, 1.82) is 0 Å². The van der Waals surface area contributed by atoms with Crippen molar-refractivity contribution in [3.05, 3.63) is 58.6 Å². The normalized spacial score (nSPS) is 10.2. The lowest BCUT2D eigenvalue weighted by Gasteiger charge is -2.06. The average molecular weight is 355 g/mol. The molecule has 2 rings (SSSR count). The Morgan fingerprint density at radius 1 is 0.783 bits per heavy atom. The summed E-state index contributed by atoms with van der Waals surface area (Å²) in [4.78, 5) is 23.1. The van der Waals surface area contributed by atoms with E-state index in [0.717, 1.165) is 0 Å². The number of esters is 2. The van der Waals surface area contributed by atoms with E-state index in [1.54, 1.807) is 36.4 Å². The fourth-order valence-electron chi connectivity index (χ4n) is 1.60. The monoisotopic (exact) mass is 354 g/mol. The molecule has 0 radical (unpaired) electrons. The quantitative estimate of drug-likeness (QED) is 0.586. The molecular weight excluding hydrogens is 343 g/mol. The molecule has 0 unspecified atom stereocenters. The fourth-order valence-corrected chi connectivity index (χ4v) is 1.96. The molecule has 0 amide bonds. The Morgan fingerprint density at radius 2 is 1.22 bits per heavy atom. The van der Waals surface area contributed by atoms with Crippen molar-refractivity contribution in [1.82, 2.24) is 0 Å². The van der Waals surface area contributed by atoms with E-state index in [1.807, 2.05) is 0 Å². The highest BCUT2D eigenvalue weighted by molar-refractivity contribution is 6.31. The first kappa shape index (κ1) is 17.3. The zero-order valence-corrected chi connectivity index (χ0v) is 13.3. The van der Waals surface area contributed by atoms with Crippen LogP contribution in [0.15, 0.2) is 48.5 Å². The van der Waals surface area contributed by atoms with E-state index in [4.69, 9.17) is 37.4 Å². The zero-order chi connectivity index (χ0) is 16.7. The van der Waals surface area contributed by atoms with Gasteiger partial charge >= 0.3 is 11.9 Å². The van der Waals surface area contributed by atoms with Crippen LogP contribution in [-0.2, 0) is 14.3 Å². The predicted molar refractivity (Wildman–Crippen MR) is 85.0 cm³/mol. The lowest BCUT2D eigenvalue weighted by molar-refractivity contribution is -0.145. The molecule has 0 aliphatic rings. The van der Waals surface area contributed by atoms with Gasteiger partial charge in [0.2, 0.25) is 0 Å². The molecule has 0 atom stereocenters. The summed E-state index contributed by atoms with van der Waals surface area (Å²) in [6.07, 6.45) is 0. The summed E-state index contributed by atoms with van der Waals surface area (Å²) in [6, 6.07) is 12.7. The fraction of sp³-hybridized carbons (Fsp3) is 0.125. The standard InChI is InChI=1S/C16H12Cl2O5/c17-11-3-1-5-13(7-11)22-15(19)9-21-10-16(20)23-14-6-2-4-12(18)8-14/h1-8H,9-10H2. The van der Waals surface area contributed by atoms with E-state index in [2.05, 4.69) is 0 Å². The van der Waals surface area contributed by atoms with E-state index >= 15 is 0 Å². The Bertz CT molecular complexity index is 643. The van der Waals surface area contributed by atoms with Gasteiger partial charge < -0.3 is 14.2 Å². The largest absolute Gasteiger partial charge is 0.425 e. The van der Waals surface area contributed by atoms with Crippen LogP contribution in [0.1, 0.15) is 0 Å². The van der Waals surface area contributed by atoms with Crippen LogP contribution in [0.3, 0.4) is 0 Å². The average Bonchev–Trinajstić information content (AvgIpc) is 2.47. The first-order valence-corrected chi connectivity index (χ1v) is 7.29. The number of benzene rings is 2. The second-order valence-electron chi connectivity index (χ2n) is 4.36. The number of ether oxygens (including phenoxy) is 3. The molecule has 5 nitrogen and oxygen atoms in total. The molecule has 7 heteroatoms. The molecule has 0 aliphatic heterocycles. The van der Waals surface area contributed by atoms with Crippen molar-refractivity contribution in [3.8, 4) is 11.5 Å². The lowest BCUT2D eigenvalue weighted by Crippen LogP contribution is -2.21. The van der Waals surface area contributed by atoms with Gasteiger partial charge in [0.15, 0.2) is 0 Å². The first-order valence-electron chi connectivity index (χ1n) is 6.53. The van der Waals surface area contributed by atoms with Gasteiger partial charge in [0.05, 0.1) is 0 Å². The molecule has 2 aromatic rings. The Balaban J connectivity index is 1.71. The number of carbonyl (C=O) groups is 2. The van der Waals surface area contributed by atoms with Crippen LogP contribution in [0.5, 0.6) is 11.5 Å². The van der Waals surface area contributed by atoms with Gasteiger partial charge in [0.1, 0.15) is 24.7 Å². The maximum absolute atomic E-state index is 11.5. The minimum Gasteiger partial charge on any atom is -0.425 e. The first-order chi connectivity index (χ1) is 11.0. The predicted octanol–water partition coefficient (Wildman–Crippen LogP) is 3.52. The van der Waals surface area contributed by atoms with Gasteiger partial charge in [-0.1, -0.05) is 35.3 Å². The maximum atomic E-state index is 11.5. The minimum atomic E-state index is -0.650. The number of hydrogen-bond acceptors (Lipinski definition) is 5. The Labute approximate surface area is 142 Å².